The lowest BCUT2D eigenvalue weighted by Gasteiger charge is -2.40. The summed E-state index contributed by atoms with van der Waals surface area (Å²) in [6.45, 7) is 7.18. The highest BCUT2D eigenvalue weighted by Crippen LogP contribution is 2.32. The Bertz CT molecular complexity index is 326. The molecule has 1 N–H and O–H groups in total. The van der Waals surface area contributed by atoms with Crippen LogP contribution in [0.1, 0.15) is 40.0 Å². The van der Waals surface area contributed by atoms with Crippen LogP contribution in [0.25, 0.3) is 0 Å². The summed E-state index contributed by atoms with van der Waals surface area (Å²) in [5.41, 5.74) is -0.492. The summed E-state index contributed by atoms with van der Waals surface area (Å²) in [6.07, 6.45) is 2.18. The van der Waals surface area contributed by atoms with E-state index in [0.29, 0.717) is 19.8 Å². The maximum absolute atomic E-state index is 12.3. The van der Waals surface area contributed by atoms with Crippen LogP contribution in [0.5, 0.6) is 0 Å². The van der Waals surface area contributed by atoms with Crippen LogP contribution in [0.2, 0.25) is 0 Å². The molecular weight excluding hydrogens is 246 g/mol. The van der Waals surface area contributed by atoms with Gasteiger partial charge in [-0.15, -0.1) is 0 Å². The summed E-state index contributed by atoms with van der Waals surface area (Å²) < 4.78 is 10.9. The van der Waals surface area contributed by atoms with Crippen molar-refractivity contribution in [3.8, 4) is 0 Å². The molecule has 0 unspecified atom stereocenters. The van der Waals surface area contributed by atoms with Crippen LogP contribution in [-0.4, -0.2) is 53.6 Å². The van der Waals surface area contributed by atoms with E-state index in [-0.39, 0.29) is 24.2 Å². The fourth-order valence-electron chi connectivity index (χ4n) is 2.94. The van der Waals surface area contributed by atoms with Crippen molar-refractivity contribution < 1.29 is 19.4 Å². The van der Waals surface area contributed by atoms with Crippen LogP contribution in [0, 0.1) is 5.92 Å². The van der Waals surface area contributed by atoms with Crippen LogP contribution < -0.4 is 0 Å². The summed E-state index contributed by atoms with van der Waals surface area (Å²) in [4.78, 5) is 14.0. The van der Waals surface area contributed by atoms with E-state index in [9.17, 15) is 9.90 Å². The zero-order valence-electron chi connectivity index (χ0n) is 12.1. The number of carbonyl (C=O) groups excluding carboxylic acids is 1. The second kappa shape index (κ2) is 5.67. The molecule has 3 atom stereocenters. The van der Waals surface area contributed by atoms with E-state index in [2.05, 4.69) is 0 Å². The molecule has 1 aliphatic carbocycles. The zero-order chi connectivity index (χ0) is 14.0. The molecule has 1 saturated carbocycles. The quantitative estimate of drug-likeness (QED) is 0.790. The van der Waals surface area contributed by atoms with Crippen LogP contribution in [0.3, 0.4) is 0 Å². The minimum absolute atomic E-state index is 0.0545. The molecule has 1 heterocycles. The Hall–Kier alpha value is -0.810. The van der Waals surface area contributed by atoms with Crippen LogP contribution in [-0.2, 0) is 9.47 Å². The highest BCUT2D eigenvalue weighted by molar-refractivity contribution is 5.68. The molecule has 0 aromatic carbocycles. The molecule has 19 heavy (non-hydrogen) atoms. The van der Waals surface area contributed by atoms with Gasteiger partial charge in [0.1, 0.15) is 5.60 Å². The van der Waals surface area contributed by atoms with E-state index in [4.69, 9.17) is 9.47 Å². The number of hydrogen-bond acceptors (Lipinski definition) is 4. The fourth-order valence-corrected chi connectivity index (χ4v) is 2.94. The van der Waals surface area contributed by atoms with Crippen molar-refractivity contribution in [2.75, 3.05) is 19.8 Å². The Kier molecular flexibility index (Phi) is 4.36. The van der Waals surface area contributed by atoms with Gasteiger partial charge in [0.05, 0.1) is 25.4 Å². The molecule has 1 aliphatic heterocycles. The van der Waals surface area contributed by atoms with Crippen LogP contribution in [0.15, 0.2) is 0 Å². The van der Waals surface area contributed by atoms with E-state index < -0.39 is 5.60 Å². The number of aliphatic hydroxyl groups is 1. The first-order chi connectivity index (χ1) is 8.88. The zero-order valence-corrected chi connectivity index (χ0v) is 12.1. The molecule has 5 nitrogen and oxygen atoms in total. The molecule has 0 spiro atoms. The van der Waals surface area contributed by atoms with Crippen molar-refractivity contribution >= 4 is 6.09 Å². The lowest BCUT2D eigenvalue weighted by molar-refractivity contribution is -0.0595. The Morgan fingerprint density at radius 1 is 1.37 bits per heavy atom. The molecule has 5 heteroatoms. The van der Waals surface area contributed by atoms with Gasteiger partial charge in [0.25, 0.3) is 0 Å². The van der Waals surface area contributed by atoms with Gasteiger partial charge in [0, 0.05) is 12.5 Å². The number of carbonyl (C=O) groups is 1. The van der Waals surface area contributed by atoms with Gasteiger partial charge in [-0.1, -0.05) is 6.42 Å². The van der Waals surface area contributed by atoms with Crippen LogP contribution >= 0.6 is 0 Å². The maximum atomic E-state index is 12.3. The first-order valence-corrected chi connectivity index (χ1v) is 7.14. The normalized spacial score (nSPS) is 32.4. The molecule has 0 aromatic rings. The van der Waals surface area contributed by atoms with Crippen molar-refractivity contribution in [3.05, 3.63) is 0 Å². The summed E-state index contributed by atoms with van der Waals surface area (Å²) in [7, 11) is 0. The Morgan fingerprint density at radius 3 is 2.68 bits per heavy atom. The van der Waals surface area contributed by atoms with Gasteiger partial charge < -0.3 is 19.5 Å². The first kappa shape index (κ1) is 14.6. The Morgan fingerprint density at radius 2 is 2.11 bits per heavy atom. The molecule has 2 aliphatic rings. The van der Waals surface area contributed by atoms with Crippen molar-refractivity contribution in [1.29, 1.82) is 0 Å². The Labute approximate surface area is 114 Å². The van der Waals surface area contributed by atoms with Gasteiger partial charge in [-0.3, -0.25) is 0 Å². The molecule has 0 bridgehead atoms. The number of rotatable bonds is 1. The predicted molar refractivity (Wildman–Crippen MR) is 70.9 cm³/mol. The molecule has 1 saturated heterocycles. The lowest BCUT2D eigenvalue weighted by atomic mass is 9.94. The van der Waals surface area contributed by atoms with Gasteiger partial charge in [-0.2, -0.15) is 0 Å². The predicted octanol–water partition coefficient (Wildman–Crippen LogP) is 1.78. The first-order valence-electron chi connectivity index (χ1n) is 7.14. The van der Waals surface area contributed by atoms with Gasteiger partial charge >= 0.3 is 6.09 Å². The molecule has 0 radical (unpaired) electrons. The number of hydrogen-bond donors (Lipinski definition) is 1. The van der Waals surface area contributed by atoms with Gasteiger partial charge in [0.15, 0.2) is 0 Å². The molecule has 0 aromatic heterocycles. The monoisotopic (exact) mass is 271 g/mol. The largest absolute Gasteiger partial charge is 0.444 e. The number of morpholine rings is 1. The summed E-state index contributed by atoms with van der Waals surface area (Å²) >= 11 is 0. The topological polar surface area (TPSA) is 59.0 Å². The van der Waals surface area contributed by atoms with Gasteiger partial charge in [-0.25, -0.2) is 4.79 Å². The number of amides is 1. The average Bonchev–Trinajstić information content (AvgIpc) is 2.73. The van der Waals surface area contributed by atoms with E-state index in [1.54, 1.807) is 4.90 Å². The average molecular weight is 271 g/mol. The molecular formula is C14H25NO4. The number of ether oxygens (including phenoxy) is 2. The number of nitrogens with zero attached hydrogens (tertiary/aromatic N) is 1. The third-order valence-corrected chi connectivity index (χ3v) is 3.82. The standard InChI is InChI=1S/C14H25NO4/c1-14(2,3)19-13(17)15-7-8-18-9-11(15)10-5-4-6-12(10)16/h10-12,16H,4-9H2,1-3H3/t10-,11+,12+/m0/s1. The summed E-state index contributed by atoms with van der Waals surface area (Å²) in [6, 6.07) is -0.0545. The third kappa shape index (κ3) is 3.60. The molecule has 1 amide bonds. The second-order valence-electron chi connectivity index (χ2n) is 6.48. The van der Waals surface area contributed by atoms with E-state index >= 15 is 0 Å². The van der Waals surface area contributed by atoms with E-state index in [1.165, 1.54) is 0 Å². The highest BCUT2D eigenvalue weighted by atomic mass is 16.6. The fraction of sp³-hybridized carbons (Fsp3) is 0.929. The van der Waals surface area contributed by atoms with E-state index in [1.807, 2.05) is 20.8 Å². The SMILES string of the molecule is CC(C)(C)OC(=O)N1CCOC[C@@H]1[C@@H]1CCC[C@H]1O. The van der Waals surface area contributed by atoms with Crippen molar-refractivity contribution in [2.45, 2.75) is 57.8 Å². The Balaban J connectivity index is 2.05. The van der Waals surface area contributed by atoms with Crippen molar-refractivity contribution in [1.82, 2.24) is 4.90 Å². The molecule has 2 rings (SSSR count). The highest BCUT2D eigenvalue weighted by Gasteiger charge is 2.40. The number of aliphatic hydroxyl groups excluding tert-OH is 1. The third-order valence-electron chi connectivity index (χ3n) is 3.82. The second-order valence-corrected chi connectivity index (χ2v) is 6.48. The van der Waals surface area contributed by atoms with Gasteiger partial charge in [-0.05, 0) is 33.6 Å². The van der Waals surface area contributed by atoms with Crippen molar-refractivity contribution in [3.63, 3.8) is 0 Å². The minimum atomic E-state index is -0.492. The maximum Gasteiger partial charge on any atom is 0.410 e. The van der Waals surface area contributed by atoms with Gasteiger partial charge in [0.2, 0.25) is 0 Å². The van der Waals surface area contributed by atoms with Crippen LogP contribution in [0.4, 0.5) is 4.79 Å². The molecule has 2 fully saturated rings. The van der Waals surface area contributed by atoms with Crippen molar-refractivity contribution in [2.24, 2.45) is 5.92 Å². The summed E-state index contributed by atoms with van der Waals surface area (Å²) in [5, 5.41) is 10.0. The minimum Gasteiger partial charge on any atom is -0.444 e. The van der Waals surface area contributed by atoms with E-state index in [0.717, 1.165) is 19.3 Å². The molecule has 110 valence electrons. The smallest absolute Gasteiger partial charge is 0.410 e. The summed E-state index contributed by atoms with van der Waals surface area (Å²) in [5.74, 6) is 0.118. The lowest BCUT2D eigenvalue weighted by Crippen LogP contribution is -2.54.